The predicted molar refractivity (Wildman–Crippen MR) is 103 cm³/mol. The van der Waals surface area contributed by atoms with Gasteiger partial charge in [0.2, 0.25) is 5.95 Å². The van der Waals surface area contributed by atoms with E-state index in [4.69, 9.17) is 33.0 Å². The molecule has 0 fully saturated rings. The number of hydrogen-bond acceptors (Lipinski definition) is 5. The van der Waals surface area contributed by atoms with E-state index in [0.717, 1.165) is 11.0 Å². The molecule has 0 unspecified atom stereocenters. The zero-order valence-electron chi connectivity index (χ0n) is 13.9. The number of hydrogen-bond donors (Lipinski definition) is 3. The highest BCUT2D eigenvalue weighted by molar-refractivity contribution is 6.34. The van der Waals surface area contributed by atoms with Gasteiger partial charge in [-0.3, -0.25) is 0 Å². The molecule has 0 aliphatic heterocycles. The van der Waals surface area contributed by atoms with Gasteiger partial charge in [0, 0.05) is 17.6 Å². The highest BCUT2D eigenvalue weighted by Crippen LogP contribution is 2.28. The van der Waals surface area contributed by atoms with E-state index in [1.165, 1.54) is 0 Å². The van der Waals surface area contributed by atoms with Gasteiger partial charge in [0.05, 0.1) is 29.2 Å². The van der Waals surface area contributed by atoms with Gasteiger partial charge in [-0.15, -0.1) is 0 Å². The number of anilines is 1. The molecular weight excluding hydrogens is 377 g/mol. The maximum atomic E-state index is 10.4. The van der Waals surface area contributed by atoms with E-state index >= 15 is 0 Å². The minimum atomic E-state index is -0.794. The SMILES string of the molecule is OCCNc1nc2ccccc2n1C[C@H](O)COc1cc(Cl)ccc1Cl. The van der Waals surface area contributed by atoms with Crippen LogP contribution in [0.4, 0.5) is 5.95 Å². The monoisotopic (exact) mass is 395 g/mol. The van der Waals surface area contributed by atoms with Crippen molar-refractivity contribution in [2.24, 2.45) is 0 Å². The van der Waals surface area contributed by atoms with E-state index in [2.05, 4.69) is 10.3 Å². The second-order valence-corrected chi connectivity index (χ2v) is 6.57. The van der Waals surface area contributed by atoms with Crippen LogP contribution in [-0.2, 0) is 6.54 Å². The third-order valence-corrected chi connectivity index (χ3v) is 4.31. The largest absolute Gasteiger partial charge is 0.489 e. The van der Waals surface area contributed by atoms with E-state index in [1.807, 2.05) is 28.8 Å². The number of imidazole rings is 1. The van der Waals surface area contributed by atoms with E-state index in [9.17, 15) is 5.11 Å². The first-order chi connectivity index (χ1) is 12.6. The number of fused-ring (bicyclic) bond motifs is 1. The number of benzene rings is 2. The molecule has 8 heteroatoms. The summed E-state index contributed by atoms with van der Waals surface area (Å²) in [5, 5.41) is 23.5. The smallest absolute Gasteiger partial charge is 0.204 e. The molecule has 0 aliphatic carbocycles. The number of aromatic nitrogens is 2. The Kier molecular flexibility index (Phi) is 6.21. The van der Waals surface area contributed by atoms with Crippen LogP contribution in [0, 0.1) is 0 Å². The first-order valence-electron chi connectivity index (χ1n) is 8.14. The first-order valence-corrected chi connectivity index (χ1v) is 8.90. The van der Waals surface area contributed by atoms with Gasteiger partial charge in [-0.05, 0) is 24.3 Å². The van der Waals surface area contributed by atoms with Crippen molar-refractivity contribution in [3.63, 3.8) is 0 Å². The Balaban J connectivity index is 1.73. The first kappa shape index (κ1) is 18.8. The highest BCUT2D eigenvalue weighted by atomic mass is 35.5. The van der Waals surface area contributed by atoms with Gasteiger partial charge in [0.25, 0.3) is 0 Å². The zero-order valence-corrected chi connectivity index (χ0v) is 15.4. The molecular formula is C18H19Cl2N3O3. The maximum absolute atomic E-state index is 10.4. The Labute approximate surface area is 160 Å². The van der Waals surface area contributed by atoms with Crippen molar-refractivity contribution in [1.29, 1.82) is 0 Å². The molecule has 3 aromatic rings. The molecule has 0 amide bonds. The van der Waals surface area contributed by atoms with Gasteiger partial charge in [0.1, 0.15) is 18.5 Å². The summed E-state index contributed by atoms with van der Waals surface area (Å²) in [6.45, 7) is 0.675. The Morgan fingerprint density at radius 3 is 2.81 bits per heavy atom. The molecule has 0 saturated carbocycles. The second-order valence-electron chi connectivity index (χ2n) is 5.72. The molecule has 0 radical (unpaired) electrons. The molecule has 0 bridgehead atoms. The summed E-state index contributed by atoms with van der Waals surface area (Å²) < 4.78 is 7.46. The number of rotatable bonds is 8. The summed E-state index contributed by atoms with van der Waals surface area (Å²) in [7, 11) is 0. The van der Waals surface area contributed by atoms with E-state index < -0.39 is 6.10 Å². The molecule has 1 aromatic heterocycles. The molecule has 2 aromatic carbocycles. The summed E-state index contributed by atoms with van der Waals surface area (Å²) in [5.41, 5.74) is 1.69. The fraction of sp³-hybridized carbons (Fsp3) is 0.278. The van der Waals surface area contributed by atoms with Crippen LogP contribution < -0.4 is 10.1 Å². The molecule has 0 aliphatic rings. The fourth-order valence-corrected chi connectivity index (χ4v) is 2.93. The van der Waals surface area contributed by atoms with Gasteiger partial charge in [-0.1, -0.05) is 35.3 Å². The molecule has 1 heterocycles. The van der Waals surface area contributed by atoms with Crippen molar-refractivity contribution < 1.29 is 14.9 Å². The van der Waals surface area contributed by atoms with Crippen molar-refractivity contribution >= 4 is 40.2 Å². The van der Waals surface area contributed by atoms with Crippen molar-refractivity contribution in [3.05, 3.63) is 52.5 Å². The molecule has 3 N–H and O–H groups in total. The Morgan fingerprint density at radius 2 is 2.00 bits per heavy atom. The Hall–Kier alpha value is -1.99. The average Bonchev–Trinajstić information content (AvgIpc) is 2.98. The number of ether oxygens (including phenoxy) is 1. The van der Waals surface area contributed by atoms with Crippen molar-refractivity contribution in [3.8, 4) is 5.75 Å². The van der Waals surface area contributed by atoms with Crippen LogP contribution in [0.3, 0.4) is 0 Å². The van der Waals surface area contributed by atoms with Crippen LogP contribution in [-0.4, -0.2) is 45.6 Å². The summed E-state index contributed by atoms with van der Waals surface area (Å²) in [5.74, 6) is 1.01. The van der Waals surface area contributed by atoms with Gasteiger partial charge in [-0.25, -0.2) is 4.98 Å². The van der Waals surface area contributed by atoms with E-state index in [1.54, 1.807) is 18.2 Å². The lowest BCUT2D eigenvalue weighted by molar-refractivity contribution is 0.0939. The molecule has 138 valence electrons. The second kappa shape index (κ2) is 8.60. The van der Waals surface area contributed by atoms with Crippen molar-refractivity contribution in [1.82, 2.24) is 9.55 Å². The van der Waals surface area contributed by atoms with E-state index in [0.29, 0.717) is 28.3 Å². The van der Waals surface area contributed by atoms with Crippen LogP contribution in [0.15, 0.2) is 42.5 Å². The molecule has 0 saturated heterocycles. The van der Waals surface area contributed by atoms with Gasteiger partial charge in [0.15, 0.2) is 0 Å². The summed E-state index contributed by atoms with van der Waals surface area (Å²) in [6, 6.07) is 12.5. The average molecular weight is 396 g/mol. The van der Waals surface area contributed by atoms with E-state index in [-0.39, 0.29) is 19.8 Å². The number of aliphatic hydroxyl groups excluding tert-OH is 2. The normalized spacial score (nSPS) is 12.3. The Bertz CT molecular complexity index is 885. The lowest BCUT2D eigenvalue weighted by Gasteiger charge is -2.16. The minimum Gasteiger partial charge on any atom is -0.489 e. The Morgan fingerprint density at radius 1 is 1.19 bits per heavy atom. The highest BCUT2D eigenvalue weighted by Gasteiger charge is 2.15. The minimum absolute atomic E-state index is 0.0118. The number of nitrogens with zero attached hydrogens (tertiary/aromatic N) is 2. The zero-order chi connectivity index (χ0) is 18.5. The summed E-state index contributed by atoms with van der Waals surface area (Å²) in [4.78, 5) is 4.50. The van der Waals surface area contributed by atoms with Crippen LogP contribution >= 0.6 is 23.2 Å². The van der Waals surface area contributed by atoms with Crippen LogP contribution in [0.1, 0.15) is 0 Å². The van der Waals surface area contributed by atoms with Gasteiger partial charge < -0.3 is 24.8 Å². The standard InChI is InChI=1S/C18H19Cl2N3O3/c19-12-5-6-14(20)17(9-12)26-11-13(25)10-23-16-4-2-1-3-15(16)22-18(23)21-7-8-24/h1-6,9,13,24-25H,7-8,10-11H2,(H,21,22)/t13-/m0/s1. The topological polar surface area (TPSA) is 79.5 Å². The molecule has 6 nitrogen and oxygen atoms in total. The maximum Gasteiger partial charge on any atom is 0.204 e. The third-order valence-electron chi connectivity index (χ3n) is 3.77. The molecule has 26 heavy (non-hydrogen) atoms. The number of aliphatic hydroxyl groups is 2. The van der Waals surface area contributed by atoms with Crippen LogP contribution in [0.2, 0.25) is 10.0 Å². The molecule has 0 spiro atoms. The molecule has 1 atom stereocenters. The van der Waals surface area contributed by atoms with Gasteiger partial charge in [-0.2, -0.15) is 0 Å². The fourth-order valence-electron chi connectivity index (χ4n) is 2.60. The van der Waals surface area contributed by atoms with Crippen LogP contribution in [0.25, 0.3) is 11.0 Å². The predicted octanol–water partition coefficient (Wildman–Crippen LogP) is 3.19. The van der Waals surface area contributed by atoms with Crippen molar-refractivity contribution in [2.75, 3.05) is 25.1 Å². The summed E-state index contributed by atoms with van der Waals surface area (Å²) >= 11 is 12.0. The molecule has 3 rings (SSSR count). The lowest BCUT2D eigenvalue weighted by Crippen LogP contribution is -2.25. The number of halogens is 2. The third kappa shape index (κ3) is 4.40. The number of nitrogens with one attached hydrogen (secondary N) is 1. The summed E-state index contributed by atoms with van der Waals surface area (Å²) in [6.07, 6.45) is -0.794. The number of para-hydroxylation sites is 2. The van der Waals surface area contributed by atoms with Crippen LogP contribution in [0.5, 0.6) is 5.75 Å². The van der Waals surface area contributed by atoms with Crippen molar-refractivity contribution in [2.45, 2.75) is 12.6 Å². The quantitative estimate of drug-likeness (QED) is 0.545. The van der Waals surface area contributed by atoms with Gasteiger partial charge >= 0.3 is 0 Å². The lowest BCUT2D eigenvalue weighted by atomic mass is 10.3.